The van der Waals surface area contributed by atoms with E-state index in [9.17, 15) is 4.79 Å². The second-order valence-electron chi connectivity index (χ2n) is 3.44. The zero-order valence-corrected chi connectivity index (χ0v) is 8.50. The van der Waals surface area contributed by atoms with Crippen LogP contribution in [-0.2, 0) is 16.2 Å². The van der Waals surface area contributed by atoms with Crippen LogP contribution in [0, 0.1) is 0 Å². The maximum Gasteiger partial charge on any atom is 0.247 e. The van der Waals surface area contributed by atoms with Crippen molar-refractivity contribution in [2.75, 3.05) is 13.2 Å². The van der Waals surface area contributed by atoms with Gasteiger partial charge >= 0.3 is 0 Å². The van der Waals surface area contributed by atoms with E-state index in [4.69, 9.17) is 4.84 Å². The van der Waals surface area contributed by atoms with E-state index in [1.54, 1.807) is 11.0 Å². The lowest BCUT2D eigenvalue weighted by atomic mass is 10.3. The Morgan fingerprint density at radius 1 is 1.47 bits per heavy atom. The van der Waals surface area contributed by atoms with E-state index in [1.165, 1.54) is 11.4 Å². The van der Waals surface area contributed by atoms with Crippen LogP contribution >= 0.6 is 0 Å². The maximum absolute atomic E-state index is 11.6. The highest BCUT2D eigenvalue weighted by Gasteiger charge is 2.17. The molecule has 1 aliphatic heterocycles. The van der Waals surface area contributed by atoms with Gasteiger partial charge < -0.3 is 0 Å². The third kappa shape index (κ3) is 2.76. The van der Waals surface area contributed by atoms with Crippen LogP contribution in [0.2, 0.25) is 0 Å². The zero-order valence-electron chi connectivity index (χ0n) is 8.50. The van der Waals surface area contributed by atoms with Gasteiger partial charge in [0.15, 0.2) is 0 Å². The molecule has 1 aromatic heterocycles. The molecule has 6 heteroatoms. The number of aromatic nitrogens is 3. The van der Waals surface area contributed by atoms with Crippen molar-refractivity contribution in [3.63, 3.8) is 0 Å². The fourth-order valence-corrected chi connectivity index (χ4v) is 1.48. The molecule has 0 aromatic carbocycles. The average Bonchev–Trinajstić information content (AvgIpc) is 2.80. The van der Waals surface area contributed by atoms with Gasteiger partial charge in [-0.25, -0.2) is 10.0 Å². The molecule has 1 fully saturated rings. The number of rotatable bonds is 3. The van der Waals surface area contributed by atoms with Gasteiger partial charge in [0.25, 0.3) is 0 Å². The predicted octanol–water partition coefficient (Wildman–Crippen LogP) is 0.222. The molecule has 0 saturated carbocycles. The molecular formula is C9H14N4O2. The maximum atomic E-state index is 11.6. The summed E-state index contributed by atoms with van der Waals surface area (Å²) in [6.45, 7) is 1.91. The fraction of sp³-hybridized carbons (Fsp3) is 0.667. The van der Waals surface area contributed by atoms with Gasteiger partial charge in [0.05, 0.1) is 13.2 Å². The zero-order chi connectivity index (χ0) is 10.5. The summed E-state index contributed by atoms with van der Waals surface area (Å²) in [6.07, 6.45) is 5.53. The molecule has 2 heterocycles. The first kappa shape index (κ1) is 10.1. The van der Waals surface area contributed by atoms with Crippen LogP contribution in [0.3, 0.4) is 0 Å². The van der Waals surface area contributed by atoms with Crippen LogP contribution in [0.1, 0.15) is 19.3 Å². The lowest BCUT2D eigenvalue weighted by Crippen LogP contribution is -2.36. The van der Waals surface area contributed by atoms with Gasteiger partial charge in [-0.15, -0.1) is 0 Å². The summed E-state index contributed by atoms with van der Waals surface area (Å²) in [4.78, 5) is 20.7. The molecule has 82 valence electrons. The molecule has 2 rings (SSSR count). The van der Waals surface area contributed by atoms with Gasteiger partial charge in [-0.1, -0.05) is 0 Å². The van der Waals surface area contributed by atoms with E-state index in [0.29, 0.717) is 26.1 Å². The van der Waals surface area contributed by atoms with Crippen LogP contribution in [0.4, 0.5) is 0 Å². The Balaban J connectivity index is 1.76. The molecule has 0 aliphatic carbocycles. The Morgan fingerprint density at radius 3 is 3.07 bits per heavy atom. The van der Waals surface area contributed by atoms with Crippen molar-refractivity contribution in [2.24, 2.45) is 0 Å². The first-order chi connectivity index (χ1) is 7.36. The number of nitrogens with zero attached hydrogens (tertiary/aromatic N) is 4. The fourth-order valence-electron chi connectivity index (χ4n) is 1.48. The van der Waals surface area contributed by atoms with Gasteiger partial charge in [0.2, 0.25) is 5.91 Å². The molecule has 6 nitrogen and oxygen atoms in total. The lowest BCUT2D eigenvalue weighted by Gasteiger charge is -2.25. The quantitative estimate of drug-likeness (QED) is 0.716. The summed E-state index contributed by atoms with van der Waals surface area (Å²) >= 11 is 0. The summed E-state index contributed by atoms with van der Waals surface area (Å²) in [5, 5.41) is 5.39. The Morgan fingerprint density at radius 2 is 2.40 bits per heavy atom. The molecule has 0 N–H and O–H groups in total. The summed E-state index contributed by atoms with van der Waals surface area (Å²) < 4.78 is 1.64. The Kier molecular flexibility index (Phi) is 3.29. The highest BCUT2D eigenvalue weighted by Crippen LogP contribution is 2.07. The summed E-state index contributed by atoms with van der Waals surface area (Å²) in [6, 6.07) is 0. The van der Waals surface area contributed by atoms with E-state index in [1.807, 2.05) is 0 Å². The highest BCUT2D eigenvalue weighted by molar-refractivity contribution is 5.75. The molecular weight excluding hydrogens is 196 g/mol. The van der Waals surface area contributed by atoms with E-state index in [-0.39, 0.29) is 5.91 Å². The van der Waals surface area contributed by atoms with Crippen LogP contribution in [-0.4, -0.2) is 38.9 Å². The minimum Gasteiger partial charge on any atom is -0.273 e. The number of carbonyl (C=O) groups is 1. The predicted molar refractivity (Wildman–Crippen MR) is 51.5 cm³/mol. The first-order valence-electron chi connectivity index (χ1n) is 5.12. The molecule has 1 saturated heterocycles. The molecule has 1 aliphatic rings. The van der Waals surface area contributed by atoms with Crippen LogP contribution in [0.5, 0.6) is 0 Å². The minimum absolute atomic E-state index is 0.0187. The van der Waals surface area contributed by atoms with E-state index < -0.39 is 0 Å². The number of hydroxylamine groups is 2. The van der Waals surface area contributed by atoms with Gasteiger partial charge in [0.1, 0.15) is 12.7 Å². The van der Waals surface area contributed by atoms with Gasteiger partial charge in [-0.3, -0.25) is 14.3 Å². The molecule has 0 radical (unpaired) electrons. The van der Waals surface area contributed by atoms with Crippen molar-refractivity contribution in [3.8, 4) is 0 Å². The third-order valence-corrected chi connectivity index (χ3v) is 2.30. The Hall–Kier alpha value is -1.43. The SMILES string of the molecule is O=C(CCn1cncn1)N1CCCCO1. The number of hydrogen-bond donors (Lipinski definition) is 0. The van der Waals surface area contributed by atoms with Crippen LogP contribution < -0.4 is 0 Å². The normalized spacial score (nSPS) is 16.7. The van der Waals surface area contributed by atoms with Crippen molar-refractivity contribution < 1.29 is 9.63 Å². The average molecular weight is 210 g/mol. The first-order valence-corrected chi connectivity index (χ1v) is 5.12. The highest BCUT2D eigenvalue weighted by atomic mass is 16.7. The summed E-state index contributed by atoms with van der Waals surface area (Å²) in [7, 11) is 0. The lowest BCUT2D eigenvalue weighted by molar-refractivity contribution is -0.197. The van der Waals surface area contributed by atoms with Crippen molar-refractivity contribution in [3.05, 3.63) is 12.7 Å². The second kappa shape index (κ2) is 4.88. The number of amides is 1. The topological polar surface area (TPSA) is 60.2 Å². The largest absolute Gasteiger partial charge is 0.273 e. The monoisotopic (exact) mass is 210 g/mol. The molecule has 15 heavy (non-hydrogen) atoms. The molecule has 0 unspecified atom stereocenters. The molecule has 0 bridgehead atoms. The molecule has 0 atom stereocenters. The Bertz CT molecular complexity index is 306. The number of hydrogen-bond acceptors (Lipinski definition) is 4. The molecule has 1 amide bonds. The van der Waals surface area contributed by atoms with Gasteiger partial charge in [-0.2, -0.15) is 5.10 Å². The second-order valence-corrected chi connectivity index (χ2v) is 3.44. The smallest absolute Gasteiger partial charge is 0.247 e. The van der Waals surface area contributed by atoms with E-state index >= 15 is 0 Å². The van der Waals surface area contributed by atoms with Crippen molar-refractivity contribution in [1.82, 2.24) is 19.8 Å². The Labute approximate surface area is 87.8 Å². The third-order valence-electron chi connectivity index (χ3n) is 2.30. The molecule has 1 aromatic rings. The van der Waals surface area contributed by atoms with Crippen molar-refractivity contribution in [2.45, 2.75) is 25.8 Å². The van der Waals surface area contributed by atoms with Crippen LogP contribution in [0.25, 0.3) is 0 Å². The summed E-state index contributed by atoms with van der Waals surface area (Å²) in [5.74, 6) is 0.0187. The molecule has 0 spiro atoms. The van der Waals surface area contributed by atoms with E-state index in [0.717, 1.165) is 12.8 Å². The standard InChI is InChI=1S/C9H14N4O2/c14-9(13-4-1-2-6-15-13)3-5-12-8-10-7-11-12/h7-8H,1-6H2. The van der Waals surface area contributed by atoms with Crippen LogP contribution in [0.15, 0.2) is 12.7 Å². The van der Waals surface area contributed by atoms with Gasteiger partial charge in [0, 0.05) is 13.0 Å². The minimum atomic E-state index is 0.0187. The number of aryl methyl sites for hydroxylation is 1. The van der Waals surface area contributed by atoms with E-state index in [2.05, 4.69) is 10.1 Å². The number of carbonyl (C=O) groups excluding carboxylic acids is 1. The van der Waals surface area contributed by atoms with Crippen molar-refractivity contribution in [1.29, 1.82) is 0 Å². The van der Waals surface area contributed by atoms with Crippen molar-refractivity contribution >= 4 is 5.91 Å². The van der Waals surface area contributed by atoms with Gasteiger partial charge in [-0.05, 0) is 12.8 Å². The summed E-state index contributed by atoms with van der Waals surface area (Å²) in [5.41, 5.74) is 0.